The van der Waals surface area contributed by atoms with Crippen molar-refractivity contribution in [2.24, 2.45) is 0 Å². The number of alkyl halides is 3. The SMILES string of the molecule is Cc1cc2c(s1)CCOC21CCN(C(=O)OC(C)(C)C)[C@H](C(F)(F)F)C1. The van der Waals surface area contributed by atoms with Gasteiger partial charge in [-0.1, -0.05) is 0 Å². The molecule has 0 aromatic carbocycles. The summed E-state index contributed by atoms with van der Waals surface area (Å²) in [5.74, 6) is 0. The summed E-state index contributed by atoms with van der Waals surface area (Å²) in [6, 6.07) is 0.0210. The van der Waals surface area contributed by atoms with Gasteiger partial charge in [0.1, 0.15) is 11.6 Å². The van der Waals surface area contributed by atoms with E-state index in [-0.39, 0.29) is 13.0 Å². The highest BCUT2D eigenvalue weighted by Crippen LogP contribution is 2.48. The number of nitrogens with zero attached hydrogens (tertiary/aromatic N) is 1. The lowest BCUT2D eigenvalue weighted by Crippen LogP contribution is -2.59. The Bertz CT molecular complexity index is 695. The van der Waals surface area contributed by atoms with Gasteiger partial charge >= 0.3 is 12.3 Å². The Morgan fingerprint density at radius 1 is 1.38 bits per heavy atom. The Morgan fingerprint density at radius 2 is 2.08 bits per heavy atom. The van der Waals surface area contributed by atoms with Gasteiger partial charge < -0.3 is 9.47 Å². The molecule has 8 heteroatoms. The zero-order valence-electron chi connectivity index (χ0n) is 15.4. The molecule has 0 saturated carbocycles. The van der Waals surface area contributed by atoms with Gasteiger partial charge in [0.25, 0.3) is 0 Å². The normalized spacial score (nSPS) is 26.7. The van der Waals surface area contributed by atoms with Crippen LogP contribution in [0.3, 0.4) is 0 Å². The summed E-state index contributed by atoms with van der Waals surface area (Å²) < 4.78 is 52.5. The number of thiophene rings is 1. The molecule has 4 nitrogen and oxygen atoms in total. The minimum atomic E-state index is -4.55. The van der Waals surface area contributed by atoms with Gasteiger partial charge in [-0.3, -0.25) is 4.90 Å². The van der Waals surface area contributed by atoms with Crippen molar-refractivity contribution in [2.75, 3.05) is 13.2 Å². The molecule has 1 unspecified atom stereocenters. The first-order valence-corrected chi connectivity index (χ1v) is 9.53. The van der Waals surface area contributed by atoms with E-state index in [0.29, 0.717) is 13.0 Å². The highest BCUT2D eigenvalue weighted by atomic mass is 32.1. The van der Waals surface area contributed by atoms with Crippen LogP contribution in [0.1, 0.15) is 48.9 Å². The molecule has 2 aliphatic heterocycles. The highest BCUT2D eigenvalue weighted by molar-refractivity contribution is 7.12. The Kier molecular flexibility index (Phi) is 4.80. The maximum absolute atomic E-state index is 13.8. The molecule has 2 atom stereocenters. The molecule has 0 radical (unpaired) electrons. The summed E-state index contributed by atoms with van der Waals surface area (Å²) in [6.07, 6.45) is -4.70. The molecule has 1 aromatic heterocycles. The fraction of sp³-hybridized carbons (Fsp3) is 0.722. The summed E-state index contributed by atoms with van der Waals surface area (Å²) in [6.45, 7) is 7.24. The average Bonchev–Trinajstić information content (AvgIpc) is 2.87. The molecule has 0 N–H and O–H groups in total. The molecule has 1 fully saturated rings. The van der Waals surface area contributed by atoms with Gasteiger partial charge in [-0.05, 0) is 45.7 Å². The number of amides is 1. The zero-order chi connectivity index (χ0) is 19.3. The van der Waals surface area contributed by atoms with Gasteiger partial charge in [-0.2, -0.15) is 13.2 Å². The van der Waals surface area contributed by atoms with Crippen LogP contribution in [-0.4, -0.2) is 42.0 Å². The van der Waals surface area contributed by atoms with Crippen LogP contribution < -0.4 is 0 Å². The van der Waals surface area contributed by atoms with E-state index < -0.39 is 29.5 Å². The molecule has 1 saturated heterocycles. The quantitative estimate of drug-likeness (QED) is 0.639. The maximum atomic E-state index is 13.8. The van der Waals surface area contributed by atoms with Crippen molar-refractivity contribution in [2.45, 2.75) is 70.4 Å². The minimum absolute atomic E-state index is 0.0482. The van der Waals surface area contributed by atoms with Gasteiger partial charge in [0.05, 0.1) is 12.2 Å². The van der Waals surface area contributed by atoms with Crippen molar-refractivity contribution in [3.05, 3.63) is 21.4 Å². The molecule has 1 aromatic rings. The molecule has 2 aliphatic rings. The van der Waals surface area contributed by atoms with Crippen LogP contribution in [0.15, 0.2) is 6.07 Å². The number of piperidine rings is 1. The van der Waals surface area contributed by atoms with Gasteiger partial charge in [0.2, 0.25) is 0 Å². The number of rotatable bonds is 0. The first-order chi connectivity index (χ1) is 11.9. The Morgan fingerprint density at radius 3 is 2.69 bits per heavy atom. The first-order valence-electron chi connectivity index (χ1n) is 8.71. The monoisotopic (exact) mass is 391 g/mol. The number of halogens is 3. The summed E-state index contributed by atoms with van der Waals surface area (Å²) in [5, 5.41) is 0. The summed E-state index contributed by atoms with van der Waals surface area (Å²) >= 11 is 1.62. The van der Waals surface area contributed by atoms with Crippen molar-refractivity contribution in [1.29, 1.82) is 0 Å². The first kappa shape index (κ1) is 19.5. The number of aryl methyl sites for hydroxylation is 1. The second-order valence-corrected chi connectivity index (χ2v) is 9.31. The topological polar surface area (TPSA) is 38.8 Å². The van der Waals surface area contributed by atoms with Crippen molar-refractivity contribution in [3.8, 4) is 0 Å². The van der Waals surface area contributed by atoms with E-state index in [9.17, 15) is 18.0 Å². The van der Waals surface area contributed by atoms with Crippen LogP contribution in [-0.2, 0) is 21.5 Å². The number of fused-ring (bicyclic) bond motifs is 2. The third kappa shape index (κ3) is 3.71. The third-order valence-corrected chi connectivity index (χ3v) is 5.90. The van der Waals surface area contributed by atoms with Crippen LogP contribution in [0.2, 0.25) is 0 Å². The fourth-order valence-corrected chi connectivity index (χ4v) is 4.85. The molecule has 1 amide bonds. The van der Waals surface area contributed by atoms with Gasteiger partial charge in [-0.25, -0.2) is 4.79 Å². The second-order valence-electron chi connectivity index (χ2n) is 7.97. The van der Waals surface area contributed by atoms with Crippen LogP contribution >= 0.6 is 11.3 Å². The summed E-state index contributed by atoms with van der Waals surface area (Å²) in [4.78, 5) is 15.3. The molecule has 0 aliphatic carbocycles. The molecular formula is C18H24F3NO3S. The number of carbonyl (C=O) groups is 1. The van der Waals surface area contributed by atoms with Crippen LogP contribution in [0.4, 0.5) is 18.0 Å². The maximum Gasteiger partial charge on any atom is 0.410 e. The lowest BCUT2D eigenvalue weighted by Gasteiger charge is -2.48. The van der Waals surface area contributed by atoms with Crippen molar-refractivity contribution in [3.63, 3.8) is 0 Å². The molecular weight excluding hydrogens is 367 g/mol. The Balaban J connectivity index is 1.91. The van der Waals surface area contributed by atoms with Crippen molar-refractivity contribution < 1.29 is 27.4 Å². The Labute approximate surface area is 155 Å². The second kappa shape index (κ2) is 6.41. The highest BCUT2D eigenvalue weighted by Gasteiger charge is 2.56. The largest absolute Gasteiger partial charge is 0.444 e. The van der Waals surface area contributed by atoms with Gasteiger partial charge in [0.15, 0.2) is 0 Å². The smallest absolute Gasteiger partial charge is 0.410 e. The fourth-order valence-electron chi connectivity index (χ4n) is 3.74. The lowest BCUT2D eigenvalue weighted by atomic mass is 9.79. The minimum Gasteiger partial charge on any atom is -0.444 e. The van der Waals surface area contributed by atoms with E-state index in [1.54, 1.807) is 32.1 Å². The van der Waals surface area contributed by atoms with Gasteiger partial charge in [-0.15, -0.1) is 11.3 Å². The van der Waals surface area contributed by atoms with E-state index in [2.05, 4.69) is 0 Å². The number of hydrogen-bond acceptors (Lipinski definition) is 4. The van der Waals surface area contributed by atoms with Crippen LogP contribution in [0.25, 0.3) is 0 Å². The predicted molar refractivity (Wildman–Crippen MR) is 92.4 cm³/mol. The molecule has 0 bridgehead atoms. The number of likely N-dealkylation sites (tertiary alicyclic amines) is 1. The van der Waals surface area contributed by atoms with Crippen LogP contribution in [0.5, 0.6) is 0 Å². The standard InChI is InChI=1S/C18H24F3NO3S/c1-11-9-12-13(26-11)5-8-24-17(12)6-7-22(14(10-17)18(19,20)21)15(23)25-16(2,3)4/h9,14H,5-8,10H2,1-4H3/t14-,17?/m0/s1. The van der Waals surface area contributed by atoms with Gasteiger partial charge in [0, 0.05) is 29.1 Å². The van der Waals surface area contributed by atoms with Crippen LogP contribution in [0, 0.1) is 6.92 Å². The molecule has 3 heterocycles. The van der Waals surface area contributed by atoms with Crippen molar-refractivity contribution in [1.82, 2.24) is 4.90 Å². The molecule has 3 rings (SSSR count). The Hall–Kier alpha value is -1.28. The van der Waals surface area contributed by atoms with E-state index in [4.69, 9.17) is 9.47 Å². The number of hydrogen-bond donors (Lipinski definition) is 0. The van der Waals surface area contributed by atoms with E-state index in [0.717, 1.165) is 26.6 Å². The molecule has 146 valence electrons. The van der Waals surface area contributed by atoms with E-state index >= 15 is 0 Å². The summed E-state index contributed by atoms with van der Waals surface area (Å²) in [5.41, 5.74) is -0.956. The van der Waals surface area contributed by atoms with E-state index in [1.165, 1.54) is 0 Å². The third-order valence-electron chi connectivity index (χ3n) is 4.79. The predicted octanol–water partition coefficient (Wildman–Crippen LogP) is 4.79. The zero-order valence-corrected chi connectivity index (χ0v) is 16.2. The lowest BCUT2D eigenvalue weighted by molar-refractivity contribution is -0.217. The summed E-state index contributed by atoms with van der Waals surface area (Å²) in [7, 11) is 0. The van der Waals surface area contributed by atoms with Crippen molar-refractivity contribution >= 4 is 17.4 Å². The number of carbonyl (C=O) groups excluding carboxylic acids is 1. The molecule has 26 heavy (non-hydrogen) atoms. The molecule has 1 spiro atoms. The average molecular weight is 391 g/mol. The number of ether oxygens (including phenoxy) is 2. The van der Waals surface area contributed by atoms with E-state index in [1.807, 2.05) is 13.0 Å².